The van der Waals surface area contributed by atoms with Crippen LogP contribution in [0.3, 0.4) is 0 Å². The van der Waals surface area contributed by atoms with Crippen LogP contribution >= 0.6 is 0 Å². The standard InChI is InChI=1S/C25H40F2O6/c1-6-22(3,4)20(28)31-8-7-30-17(2)32-15-24-10-18-9-19(11-24)13-25(12-18,14-24)16-33-21(29)23(5,26)27/h17-19H,6-16H2,1-5H3. The van der Waals surface area contributed by atoms with Crippen LogP contribution in [0.2, 0.25) is 0 Å². The normalized spacial score (nSPS) is 32.0. The van der Waals surface area contributed by atoms with Crippen molar-refractivity contribution in [1.29, 1.82) is 0 Å². The lowest BCUT2D eigenvalue weighted by Gasteiger charge is -2.61. The maximum absolute atomic E-state index is 13.3. The van der Waals surface area contributed by atoms with Gasteiger partial charge in [0.05, 0.1) is 25.2 Å². The fraction of sp³-hybridized carbons (Fsp3) is 0.920. The molecule has 8 heteroatoms. The van der Waals surface area contributed by atoms with E-state index in [-0.39, 0.29) is 36.6 Å². The third-order valence-electron chi connectivity index (χ3n) is 7.90. The highest BCUT2D eigenvalue weighted by atomic mass is 19.3. The topological polar surface area (TPSA) is 71.1 Å². The zero-order valence-corrected chi connectivity index (χ0v) is 20.7. The number of alkyl halides is 2. The van der Waals surface area contributed by atoms with Gasteiger partial charge in [0.25, 0.3) is 0 Å². The van der Waals surface area contributed by atoms with Gasteiger partial charge in [0.1, 0.15) is 6.61 Å². The Morgan fingerprint density at radius 2 is 1.48 bits per heavy atom. The van der Waals surface area contributed by atoms with Gasteiger partial charge in [-0.05, 0) is 83.0 Å². The smallest absolute Gasteiger partial charge is 0.376 e. The van der Waals surface area contributed by atoms with Crippen LogP contribution in [0.5, 0.6) is 0 Å². The van der Waals surface area contributed by atoms with E-state index in [4.69, 9.17) is 18.9 Å². The molecule has 4 fully saturated rings. The summed E-state index contributed by atoms with van der Waals surface area (Å²) in [7, 11) is 0. The average Bonchev–Trinajstić information content (AvgIpc) is 2.72. The molecular formula is C25H40F2O6. The van der Waals surface area contributed by atoms with E-state index < -0.39 is 23.6 Å². The SMILES string of the molecule is CCC(C)(C)C(=O)OCCOC(C)OCC12CC3CC(CC(COC(=O)C(C)(F)F)(C3)C1)C2. The number of esters is 2. The highest BCUT2D eigenvalue weighted by molar-refractivity contribution is 5.77. The minimum atomic E-state index is -3.46. The highest BCUT2D eigenvalue weighted by Gasteiger charge is 2.58. The van der Waals surface area contributed by atoms with E-state index >= 15 is 0 Å². The summed E-state index contributed by atoms with van der Waals surface area (Å²) in [6.07, 6.45) is 6.22. The molecule has 4 rings (SSSR count). The molecule has 0 saturated heterocycles. The Balaban J connectivity index is 1.47. The second-order valence-corrected chi connectivity index (χ2v) is 11.5. The Morgan fingerprint density at radius 1 is 0.909 bits per heavy atom. The quantitative estimate of drug-likeness (QED) is 0.222. The van der Waals surface area contributed by atoms with Crippen molar-refractivity contribution in [1.82, 2.24) is 0 Å². The Bertz CT molecular complexity index is 702. The molecule has 4 bridgehead atoms. The lowest BCUT2D eigenvalue weighted by molar-refractivity contribution is -0.208. The van der Waals surface area contributed by atoms with Crippen molar-refractivity contribution in [3.8, 4) is 0 Å². The molecular weight excluding hydrogens is 434 g/mol. The van der Waals surface area contributed by atoms with Crippen LogP contribution in [-0.4, -0.2) is 50.6 Å². The molecule has 4 aliphatic carbocycles. The number of carbonyl (C=O) groups excluding carboxylic acids is 2. The van der Waals surface area contributed by atoms with Crippen molar-refractivity contribution < 1.29 is 37.3 Å². The third-order valence-corrected chi connectivity index (χ3v) is 7.90. The molecule has 3 unspecified atom stereocenters. The molecule has 0 aromatic rings. The first-order chi connectivity index (χ1) is 15.3. The van der Waals surface area contributed by atoms with Crippen LogP contribution in [-0.2, 0) is 28.5 Å². The maximum atomic E-state index is 13.3. The van der Waals surface area contributed by atoms with Crippen molar-refractivity contribution in [2.24, 2.45) is 28.1 Å². The molecule has 6 nitrogen and oxygen atoms in total. The second kappa shape index (κ2) is 9.76. The van der Waals surface area contributed by atoms with Crippen LogP contribution in [0.4, 0.5) is 8.78 Å². The van der Waals surface area contributed by atoms with E-state index in [9.17, 15) is 18.4 Å². The summed E-state index contributed by atoms with van der Waals surface area (Å²) in [5.74, 6) is -4.09. The molecule has 3 atom stereocenters. The summed E-state index contributed by atoms with van der Waals surface area (Å²) in [5, 5.41) is 0. The molecule has 0 spiro atoms. The van der Waals surface area contributed by atoms with E-state index in [0.717, 1.165) is 38.5 Å². The van der Waals surface area contributed by atoms with E-state index in [1.54, 1.807) is 0 Å². The lowest BCUT2D eigenvalue weighted by atomic mass is 9.44. The van der Waals surface area contributed by atoms with Crippen molar-refractivity contribution >= 4 is 11.9 Å². The van der Waals surface area contributed by atoms with Crippen molar-refractivity contribution in [3.63, 3.8) is 0 Å². The molecule has 0 heterocycles. The Morgan fingerprint density at radius 3 is 2.03 bits per heavy atom. The predicted molar refractivity (Wildman–Crippen MR) is 118 cm³/mol. The molecule has 0 aromatic carbocycles. The van der Waals surface area contributed by atoms with Gasteiger partial charge in [-0.15, -0.1) is 0 Å². The van der Waals surface area contributed by atoms with Gasteiger partial charge in [-0.25, -0.2) is 4.79 Å². The molecule has 0 amide bonds. The van der Waals surface area contributed by atoms with Crippen LogP contribution in [0.25, 0.3) is 0 Å². The number of hydrogen-bond acceptors (Lipinski definition) is 6. The molecule has 33 heavy (non-hydrogen) atoms. The first-order valence-corrected chi connectivity index (χ1v) is 12.2. The zero-order valence-electron chi connectivity index (χ0n) is 20.7. The molecule has 4 saturated carbocycles. The molecule has 0 aliphatic heterocycles. The van der Waals surface area contributed by atoms with Gasteiger partial charge in [0.2, 0.25) is 0 Å². The summed E-state index contributed by atoms with van der Waals surface area (Å²) in [4.78, 5) is 23.7. The Kier molecular flexibility index (Phi) is 7.79. The van der Waals surface area contributed by atoms with Crippen molar-refractivity contribution in [2.45, 2.75) is 91.8 Å². The van der Waals surface area contributed by atoms with Crippen LogP contribution in [0.15, 0.2) is 0 Å². The van der Waals surface area contributed by atoms with Crippen LogP contribution in [0.1, 0.15) is 79.6 Å². The molecule has 0 aromatic heterocycles. The van der Waals surface area contributed by atoms with Crippen molar-refractivity contribution in [3.05, 3.63) is 0 Å². The summed E-state index contributed by atoms with van der Waals surface area (Å²) >= 11 is 0. The molecule has 4 aliphatic rings. The van der Waals surface area contributed by atoms with Gasteiger partial charge < -0.3 is 18.9 Å². The maximum Gasteiger partial charge on any atom is 0.376 e. The Hall–Kier alpha value is -1.28. The van der Waals surface area contributed by atoms with Gasteiger partial charge in [-0.2, -0.15) is 8.78 Å². The number of hydrogen-bond donors (Lipinski definition) is 0. The fourth-order valence-electron chi connectivity index (χ4n) is 6.36. The van der Waals surface area contributed by atoms with E-state index in [0.29, 0.717) is 31.8 Å². The van der Waals surface area contributed by atoms with Crippen LogP contribution < -0.4 is 0 Å². The van der Waals surface area contributed by atoms with Gasteiger partial charge in [-0.3, -0.25) is 4.79 Å². The number of rotatable bonds is 12. The molecule has 0 N–H and O–H groups in total. The van der Waals surface area contributed by atoms with E-state index in [1.807, 2.05) is 27.7 Å². The minimum absolute atomic E-state index is 0.0273. The first kappa shape index (κ1) is 26.3. The lowest BCUT2D eigenvalue weighted by Crippen LogP contribution is -2.55. The molecule has 190 valence electrons. The third kappa shape index (κ3) is 6.44. The second-order valence-electron chi connectivity index (χ2n) is 11.5. The van der Waals surface area contributed by atoms with Crippen LogP contribution in [0, 0.1) is 28.1 Å². The number of ether oxygens (including phenoxy) is 4. The molecule has 0 radical (unpaired) electrons. The fourth-order valence-corrected chi connectivity index (χ4v) is 6.36. The van der Waals surface area contributed by atoms with Gasteiger partial charge >= 0.3 is 17.9 Å². The summed E-state index contributed by atoms with van der Waals surface area (Å²) < 4.78 is 48.7. The van der Waals surface area contributed by atoms with Gasteiger partial charge in [-0.1, -0.05) is 6.92 Å². The summed E-state index contributed by atoms with van der Waals surface area (Å²) in [6.45, 7) is 9.11. The number of carbonyl (C=O) groups is 2. The minimum Gasteiger partial charge on any atom is -0.463 e. The van der Waals surface area contributed by atoms with E-state index in [1.165, 1.54) is 0 Å². The van der Waals surface area contributed by atoms with Gasteiger partial charge in [0, 0.05) is 12.3 Å². The van der Waals surface area contributed by atoms with Crippen molar-refractivity contribution in [2.75, 3.05) is 26.4 Å². The predicted octanol–water partition coefficient (Wildman–Crippen LogP) is 5.13. The first-order valence-electron chi connectivity index (χ1n) is 12.2. The summed E-state index contributed by atoms with van der Waals surface area (Å²) in [6, 6.07) is 0. The zero-order chi connectivity index (χ0) is 24.5. The summed E-state index contributed by atoms with van der Waals surface area (Å²) in [5.41, 5.74) is -0.753. The largest absolute Gasteiger partial charge is 0.463 e. The van der Waals surface area contributed by atoms with E-state index in [2.05, 4.69) is 0 Å². The average molecular weight is 475 g/mol. The highest BCUT2D eigenvalue weighted by Crippen LogP contribution is 2.65. The Labute approximate surface area is 196 Å². The van der Waals surface area contributed by atoms with Gasteiger partial charge in [0.15, 0.2) is 6.29 Å². The monoisotopic (exact) mass is 474 g/mol. The number of halogens is 2.